The molecule has 2 atom stereocenters. The monoisotopic (exact) mass is 188 g/mol. The Morgan fingerprint density at radius 1 is 0.769 bits per heavy atom. The van der Waals surface area contributed by atoms with Gasteiger partial charge in [-0.3, -0.25) is 0 Å². The van der Waals surface area contributed by atoms with Gasteiger partial charge in [-0.2, -0.15) is 0 Å². The molecule has 0 aromatic rings. The smallest absolute Gasteiger partial charge is 0.0553 e. The summed E-state index contributed by atoms with van der Waals surface area (Å²) in [4.78, 5) is 0. The van der Waals surface area contributed by atoms with Crippen molar-refractivity contribution in [1.29, 1.82) is 0 Å². The molecular weight excluding hydrogens is 160 g/mol. The fraction of sp³-hybridized carbons (Fsp3) is 1.00. The number of rotatable bonds is 0. The molecule has 0 amide bonds. The Morgan fingerprint density at radius 3 is 1.31 bits per heavy atom. The fourth-order valence-electron chi connectivity index (χ4n) is 1.74. The van der Waals surface area contributed by atoms with Crippen LogP contribution in [0, 0.1) is 5.92 Å². The predicted octanol–water partition coefficient (Wildman–Crippen LogP) is 4.26. The molecule has 0 aromatic heterocycles. The van der Waals surface area contributed by atoms with Gasteiger partial charge in [0.25, 0.3) is 0 Å². The number of ether oxygens (including phenoxy) is 1. The van der Waals surface area contributed by atoms with Gasteiger partial charge in [-0.05, 0) is 32.6 Å². The molecule has 13 heavy (non-hydrogen) atoms. The van der Waals surface area contributed by atoms with Crippen LogP contribution in [-0.4, -0.2) is 12.2 Å². The van der Waals surface area contributed by atoms with Crippen LogP contribution in [0.15, 0.2) is 0 Å². The van der Waals surface area contributed by atoms with Crippen LogP contribution in [0.3, 0.4) is 0 Å². The summed E-state index contributed by atoms with van der Waals surface area (Å²) in [5, 5.41) is 0. The minimum Gasteiger partial charge on any atom is -0.376 e. The summed E-state index contributed by atoms with van der Waals surface area (Å²) >= 11 is 0. The van der Waals surface area contributed by atoms with Crippen molar-refractivity contribution in [1.82, 2.24) is 0 Å². The highest BCUT2D eigenvalue weighted by molar-refractivity contribution is 4.69. The first-order valence-corrected chi connectivity index (χ1v) is 5.84. The van der Waals surface area contributed by atoms with Gasteiger partial charge in [0.05, 0.1) is 12.2 Å². The van der Waals surface area contributed by atoms with Crippen LogP contribution in [0.1, 0.15) is 61.3 Å². The average molecular weight is 188 g/mol. The summed E-state index contributed by atoms with van der Waals surface area (Å²) in [6, 6.07) is 0. The van der Waals surface area contributed by atoms with E-state index in [0.717, 1.165) is 5.92 Å². The molecule has 1 saturated heterocycles. The van der Waals surface area contributed by atoms with Gasteiger partial charge < -0.3 is 4.74 Å². The molecule has 1 aliphatic rings. The SMILES string of the molecule is CC.CC.CC1CC(C)OC(C)C1. The molecule has 1 fully saturated rings. The van der Waals surface area contributed by atoms with E-state index in [1.807, 2.05) is 27.7 Å². The Labute approximate surface area is 84.9 Å². The summed E-state index contributed by atoms with van der Waals surface area (Å²) in [6.45, 7) is 14.6. The molecule has 1 rings (SSSR count). The molecule has 82 valence electrons. The lowest BCUT2D eigenvalue weighted by Gasteiger charge is -2.29. The maximum absolute atomic E-state index is 5.56. The summed E-state index contributed by atoms with van der Waals surface area (Å²) in [7, 11) is 0. The van der Waals surface area contributed by atoms with E-state index in [9.17, 15) is 0 Å². The highest BCUT2D eigenvalue weighted by atomic mass is 16.5. The lowest BCUT2D eigenvalue weighted by atomic mass is 9.95. The lowest BCUT2D eigenvalue weighted by molar-refractivity contribution is -0.0485. The summed E-state index contributed by atoms with van der Waals surface area (Å²) in [6.07, 6.45) is 3.46. The summed E-state index contributed by atoms with van der Waals surface area (Å²) in [5.74, 6) is 0.865. The third kappa shape index (κ3) is 8.29. The quantitative estimate of drug-likeness (QED) is 0.552. The van der Waals surface area contributed by atoms with Gasteiger partial charge in [0.15, 0.2) is 0 Å². The maximum Gasteiger partial charge on any atom is 0.0553 e. The Kier molecular flexibility index (Phi) is 11.9. The van der Waals surface area contributed by atoms with Crippen molar-refractivity contribution >= 4 is 0 Å². The van der Waals surface area contributed by atoms with Crippen LogP contribution in [-0.2, 0) is 4.74 Å². The van der Waals surface area contributed by atoms with E-state index in [2.05, 4.69) is 20.8 Å². The van der Waals surface area contributed by atoms with Crippen LogP contribution in [0.25, 0.3) is 0 Å². The topological polar surface area (TPSA) is 9.23 Å². The van der Waals surface area contributed by atoms with Crippen LogP contribution >= 0.6 is 0 Å². The van der Waals surface area contributed by atoms with Crippen molar-refractivity contribution in [3.63, 3.8) is 0 Å². The van der Waals surface area contributed by atoms with Crippen molar-refractivity contribution in [3.8, 4) is 0 Å². The first-order valence-electron chi connectivity index (χ1n) is 5.84. The van der Waals surface area contributed by atoms with Gasteiger partial charge in [-0.1, -0.05) is 34.6 Å². The van der Waals surface area contributed by atoms with E-state index >= 15 is 0 Å². The zero-order chi connectivity index (χ0) is 10.9. The van der Waals surface area contributed by atoms with Crippen molar-refractivity contribution in [2.45, 2.75) is 73.5 Å². The van der Waals surface area contributed by atoms with E-state index < -0.39 is 0 Å². The van der Waals surface area contributed by atoms with E-state index in [0.29, 0.717) is 12.2 Å². The maximum atomic E-state index is 5.56. The number of hydrogen-bond donors (Lipinski definition) is 0. The van der Waals surface area contributed by atoms with Crippen LogP contribution < -0.4 is 0 Å². The fourth-order valence-corrected chi connectivity index (χ4v) is 1.74. The van der Waals surface area contributed by atoms with E-state index in [1.165, 1.54) is 12.8 Å². The number of hydrogen-bond acceptors (Lipinski definition) is 1. The minimum atomic E-state index is 0.490. The summed E-state index contributed by atoms with van der Waals surface area (Å²) in [5.41, 5.74) is 0. The molecular formula is C12H28O. The van der Waals surface area contributed by atoms with Gasteiger partial charge in [-0.15, -0.1) is 0 Å². The Hall–Kier alpha value is -0.0400. The molecule has 0 bridgehead atoms. The molecule has 0 spiro atoms. The van der Waals surface area contributed by atoms with Crippen LogP contribution in [0.4, 0.5) is 0 Å². The van der Waals surface area contributed by atoms with Gasteiger partial charge in [0.2, 0.25) is 0 Å². The first kappa shape index (κ1) is 15.4. The van der Waals surface area contributed by atoms with E-state index in [4.69, 9.17) is 4.74 Å². The Morgan fingerprint density at radius 2 is 1.08 bits per heavy atom. The molecule has 0 saturated carbocycles. The predicted molar refractivity (Wildman–Crippen MR) is 61.1 cm³/mol. The lowest BCUT2D eigenvalue weighted by Crippen LogP contribution is -2.27. The normalized spacial score (nSPS) is 32.1. The highest BCUT2D eigenvalue weighted by Gasteiger charge is 2.20. The zero-order valence-corrected chi connectivity index (χ0v) is 10.6. The molecule has 2 unspecified atom stereocenters. The second-order valence-corrected chi connectivity index (χ2v) is 3.33. The van der Waals surface area contributed by atoms with Crippen molar-refractivity contribution in [2.75, 3.05) is 0 Å². The molecule has 1 nitrogen and oxygen atoms in total. The second-order valence-electron chi connectivity index (χ2n) is 3.33. The minimum absolute atomic E-state index is 0.490. The standard InChI is InChI=1S/C8H16O.2C2H6/c1-6-4-7(2)9-8(3)5-6;2*1-2/h6-8H,4-5H2,1-3H3;2*1-2H3. The third-order valence-corrected chi connectivity index (χ3v) is 1.93. The summed E-state index contributed by atoms with van der Waals surface area (Å²) < 4.78 is 5.56. The zero-order valence-electron chi connectivity index (χ0n) is 10.6. The van der Waals surface area contributed by atoms with Crippen LogP contribution in [0.2, 0.25) is 0 Å². The first-order chi connectivity index (χ1) is 6.18. The van der Waals surface area contributed by atoms with Crippen molar-refractivity contribution in [2.24, 2.45) is 5.92 Å². The Bertz CT molecular complexity index is 66.1. The van der Waals surface area contributed by atoms with Gasteiger partial charge in [-0.25, -0.2) is 0 Å². The van der Waals surface area contributed by atoms with Gasteiger partial charge in [0, 0.05) is 0 Å². The molecule has 1 heteroatoms. The van der Waals surface area contributed by atoms with Gasteiger partial charge >= 0.3 is 0 Å². The van der Waals surface area contributed by atoms with Crippen LogP contribution in [0.5, 0.6) is 0 Å². The van der Waals surface area contributed by atoms with Gasteiger partial charge in [0.1, 0.15) is 0 Å². The highest BCUT2D eigenvalue weighted by Crippen LogP contribution is 2.23. The Balaban J connectivity index is 0. The molecule has 0 N–H and O–H groups in total. The third-order valence-electron chi connectivity index (χ3n) is 1.93. The molecule has 0 aliphatic carbocycles. The van der Waals surface area contributed by atoms with Crippen molar-refractivity contribution in [3.05, 3.63) is 0 Å². The molecule has 1 heterocycles. The van der Waals surface area contributed by atoms with E-state index in [-0.39, 0.29) is 0 Å². The average Bonchev–Trinajstić information content (AvgIpc) is 2.09. The molecule has 1 aliphatic heterocycles. The van der Waals surface area contributed by atoms with Crippen molar-refractivity contribution < 1.29 is 4.74 Å². The second kappa shape index (κ2) is 10.0. The van der Waals surface area contributed by atoms with E-state index in [1.54, 1.807) is 0 Å². The molecule has 0 radical (unpaired) electrons. The largest absolute Gasteiger partial charge is 0.376 e. The molecule has 0 aromatic carbocycles.